The summed E-state index contributed by atoms with van der Waals surface area (Å²) in [6.45, 7) is 0. The predicted octanol–water partition coefficient (Wildman–Crippen LogP) is -7.00. The monoisotopic (exact) mass is 426 g/mol. The second-order valence-corrected chi connectivity index (χ2v) is 4.03. The second-order valence-electron chi connectivity index (χ2n) is 1.34. The van der Waals surface area contributed by atoms with Gasteiger partial charge in [0.25, 0.3) is 0 Å². The third-order valence-electron chi connectivity index (χ3n) is 0. The summed E-state index contributed by atoms with van der Waals surface area (Å²) < 4.78 is 94.8. The van der Waals surface area contributed by atoms with E-state index in [9.17, 15) is 0 Å². The number of hydrogen-bond donors (Lipinski definition) is 6. The van der Waals surface area contributed by atoms with E-state index in [1.165, 1.54) is 0 Å². The van der Waals surface area contributed by atoms with Gasteiger partial charge in [-0.15, -0.1) is 0 Å². The van der Waals surface area contributed by atoms with E-state index >= 15 is 0 Å². The first-order valence-corrected chi connectivity index (χ1v) is 6.29. The molecule has 17 nitrogen and oxygen atoms in total. The van der Waals surface area contributed by atoms with Crippen molar-refractivity contribution in [3.8, 4) is 0 Å². The molecule has 0 aromatic heterocycles. The van der Waals surface area contributed by atoms with Crippen LogP contribution in [-0.2, 0) is 31.2 Å². The first-order valence-electron chi connectivity index (χ1n) is 2.10. The van der Waals surface area contributed by atoms with Crippen LogP contribution >= 0.6 is 0 Å². The molecule has 0 aliphatic rings. The molecule has 16 N–H and O–H groups in total. The van der Waals surface area contributed by atoms with Gasteiger partial charge in [0.15, 0.2) is 0 Å². The normalized spacial score (nSPS) is 8.29. The summed E-state index contributed by atoms with van der Waals surface area (Å²) in [4.78, 5) is 0. The Morgan fingerprint density at radius 2 is 0.381 bits per heavy atom. The van der Waals surface area contributed by atoms with Crippen LogP contribution < -0.4 is 0 Å². The Morgan fingerprint density at radius 3 is 0.381 bits per heavy atom. The molecule has 0 aromatic carbocycles. The van der Waals surface area contributed by atoms with Crippen molar-refractivity contribution in [2.75, 3.05) is 0 Å². The van der Waals surface area contributed by atoms with E-state index < -0.39 is 31.2 Å². The van der Waals surface area contributed by atoms with Crippen LogP contribution in [0.3, 0.4) is 0 Å². The van der Waals surface area contributed by atoms with Gasteiger partial charge in [-0.05, 0) is 0 Å². The molecule has 0 saturated heterocycles. The standard InChI is InChI=1S/Ca.3H2O4S.5H2O.2H/c;3*1-5(2,3)4;;;;;;;/h;3*(H2,1,2,3,4);5*1H2;;. The fourth-order valence-corrected chi connectivity index (χ4v) is 0. The van der Waals surface area contributed by atoms with Crippen molar-refractivity contribution in [1.29, 1.82) is 0 Å². The molecule has 0 aliphatic carbocycles. The zero-order valence-electron chi connectivity index (χ0n) is 8.86. The summed E-state index contributed by atoms with van der Waals surface area (Å²) in [6, 6.07) is 0. The van der Waals surface area contributed by atoms with E-state index in [1.54, 1.807) is 0 Å². The van der Waals surface area contributed by atoms with Crippen molar-refractivity contribution in [3.63, 3.8) is 0 Å². The minimum atomic E-state index is -4.67. The zero-order chi connectivity index (χ0) is 13.5. The molecule has 0 aliphatic heterocycles. The molecule has 0 spiro atoms. The zero-order valence-corrected chi connectivity index (χ0v) is 11.3. The fraction of sp³-hybridized carbons (Fsp3) is 0. The van der Waals surface area contributed by atoms with Crippen LogP contribution in [-0.4, -0.2) is 118 Å². The van der Waals surface area contributed by atoms with E-state index in [-0.39, 0.29) is 65.1 Å². The molecule has 21 heavy (non-hydrogen) atoms. The van der Waals surface area contributed by atoms with Gasteiger partial charge in [0, 0.05) is 0 Å². The Kier molecular flexibility index (Phi) is 63.0. The maximum atomic E-state index is 8.74. The van der Waals surface area contributed by atoms with Gasteiger partial charge < -0.3 is 27.4 Å². The van der Waals surface area contributed by atoms with Gasteiger partial charge in [0.1, 0.15) is 0 Å². The molecule has 0 rings (SSSR count). The van der Waals surface area contributed by atoms with Gasteiger partial charge >= 0.3 is 68.9 Å². The van der Waals surface area contributed by atoms with E-state index in [0.717, 1.165) is 0 Å². The molecule has 0 fully saturated rings. The summed E-state index contributed by atoms with van der Waals surface area (Å²) >= 11 is 0. The topological polar surface area (TPSA) is 381 Å². The quantitative estimate of drug-likeness (QED) is 0.155. The molecule has 0 bridgehead atoms. The van der Waals surface area contributed by atoms with Crippen LogP contribution in [0.25, 0.3) is 0 Å². The van der Waals surface area contributed by atoms with E-state index in [1.807, 2.05) is 0 Å². The van der Waals surface area contributed by atoms with Gasteiger partial charge in [-0.2, -0.15) is 25.3 Å². The molecular weight excluding hydrogens is 408 g/mol. The number of rotatable bonds is 0. The molecule has 0 heterocycles. The Bertz CT molecular complexity index is 339. The Hall–Kier alpha value is 0.670. The molecule has 0 saturated carbocycles. The second kappa shape index (κ2) is 22.9. The molecule has 0 amide bonds. The van der Waals surface area contributed by atoms with Crippen LogP contribution in [0.15, 0.2) is 0 Å². The molecule has 0 atom stereocenters. The van der Waals surface area contributed by atoms with Crippen LogP contribution in [0.2, 0.25) is 0 Å². The Labute approximate surface area is 148 Å². The Morgan fingerprint density at radius 1 is 0.381 bits per heavy atom. The Balaban J connectivity index is -0.0000000129. The third-order valence-corrected chi connectivity index (χ3v) is 0. The molecule has 0 radical (unpaired) electrons. The van der Waals surface area contributed by atoms with Crippen molar-refractivity contribution in [1.82, 2.24) is 0 Å². The van der Waals surface area contributed by atoms with Gasteiger partial charge in [-0.3, -0.25) is 27.3 Å². The van der Waals surface area contributed by atoms with Crippen molar-refractivity contribution < 1.29 is 80.0 Å². The summed E-state index contributed by atoms with van der Waals surface area (Å²) in [5, 5.41) is 0. The van der Waals surface area contributed by atoms with Crippen molar-refractivity contribution in [2.45, 2.75) is 0 Å². The average molecular weight is 426 g/mol. The minimum absolute atomic E-state index is 0. The van der Waals surface area contributed by atoms with Crippen LogP contribution in [0.5, 0.6) is 0 Å². The molecule has 0 aromatic rings. The molecular formula is H18CaO17S3. The van der Waals surface area contributed by atoms with E-state index in [2.05, 4.69) is 0 Å². The first kappa shape index (κ1) is 57.7. The van der Waals surface area contributed by atoms with Crippen LogP contribution in [0, 0.1) is 0 Å². The van der Waals surface area contributed by atoms with Gasteiger partial charge in [0.05, 0.1) is 0 Å². The SMILES string of the molecule is O.O.O.O.O.O=S(=O)(O)O.O=S(=O)(O)O.O=S(=O)(O)O.[CaH2]. The predicted molar refractivity (Wildman–Crippen MR) is 69.1 cm³/mol. The van der Waals surface area contributed by atoms with Gasteiger partial charge in [-0.25, -0.2) is 0 Å². The van der Waals surface area contributed by atoms with Crippen molar-refractivity contribution >= 4 is 68.9 Å². The van der Waals surface area contributed by atoms with Gasteiger partial charge in [0.2, 0.25) is 0 Å². The van der Waals surface area contributed by atoms with Crippen LogP contribution in [0.4, 0.5) is 0 Å². The molecule has 0 unspecified atom stereocenters. The average Bonchev–Trinajstić information content (AvgIpc) is 1.41. The van der Waals surface area contributed by atoms with Crippen LogP contribution in [0.1, 0.15) is 0 Å². The van der Waals surface area contributed by atoms with E-state index in [0.29, 0.717) is 0 Å². The summed E-state index contributed by atoms with van der Waals surface area (Å²) in [5.74, 6) is 0. The summed E-state index contributed by atoms with van der Waals surface area (Å²) in [5.41, 5.74) is 0. The van der Waals surface area contributed by atoms with Crippen molar-refractivity contribution in [2.24, 2.45) is 0 Å². The first-order chi connectivity index (χ1) is 6.00. The van der Waals surface area contributed by atoms with E-state index in [4.69, 9.17) is 52.6 Å². The summed E-state index contributed by atoms with van der Waals surface area (Å²) in [6.07, 6.45) is 0. The molecule has 140 valence electrons. The number of hydrogen-bond acceptors (Lipinski definition) is 6. The molecule has 21 heteroatoms. The maximum absolute atomic E-state index is 8.74. The summed E-state index contributed by atoms with van der Waals surface area (Å²) in [7, 11) is -14.0. The van der Waals surface area contributed by atoms with Crippen molar-refractivity contribution in [3.05, 3.63) is 0 Å². The fourth-order valence-electron chi connectivity index (χ4n) is 0. The third kappa shape index (κ3) is 16100. The van der Waals surface area contributed by atoms with Gasteiger partial charge in [-0.1, -0.05) is 0 Å².